The number of amides is 1. The van der Waals surface area contributed by atoms with E-state index in [-0.39, 0.29) is 28.4 Å². The van der Waals surface area contributed by atoms with E-state index >= 15 is 0 Å². The minimum absolute atomic E-state index is 0.0581. The molecular weight excluding hydrogens is 512 g/mol. The summed E-state index contributed by atoms with van der Waals surface area (Å²) in [5.41, 5.74) is -0.496. The lowest BCUT2D eigenvalue weighted by atomic mass is 9.40. The molecule has 2 saturated heterocycles. The van der Waals surface area contributed by atoms with Gasteiger partial charge in [-0.2, -0.15) is 8.78 Å². The van der Waals surface area contributed by atoms with Crippen LogP contribution in [0.25, 0.3) is 0 Å². The highest BCUT2D eigenvalue weighted by molar-refractivity contribution is 5.82. The van der Waals surface area contributed by atoms with Crippen LogP contribution < -0.4 is 4.74 Å². The van der Waals surface area contributed by atoms with Gasteiger partial charge in [-0.3, -0.25) is 4.79 Å². The summed E-state index contributed by atoms with van der Waals surface area (Å²) in [5.74, 6) is 2.37. The van der Waals surface area contributed by atoms with E-state index in [1.165, 1.54) is 0 Å². The average molecular weight is 560 g/mol. The quantitative estimate of drug-likeness (QED) is 0.382. The zero-order valence-electron chi connectivity index (χ0n) is 24.5. The first-order chi connectivity index (χ1) is 19.2. The molecule has 3 saturated carbocycles. The van der Waals surface area contributed by atoms with Crippen LogP contribution in [0.4, 0.5) is 8.78 Å². The zero-order chi connectivity index (χ0) is 28.1. The number of para-hydroxylation sites is 1. The molecular formula is C33H47F2NO4. The van der Waals surface area contributed by atoms with E-state index in [0.29, 0.717) is 36.5 Å². The fraction of sp³-hybridized carbons (Fsp3) is 0.788. The van der Waals surface area contributed by atoms with E-state index in [9.17, 15) is 13.6 Å². The molecule has 7 heteroatoms. The Hall–Kier alpha value is -1.73. The number of carbonyl (C=O) groups is 1. The fourth-order valence-corrected chi connectivity index (χ4v) is 10.1. The SMILES string of the molecule is C[C@]12CC[C@H]3[C@@H](CC[C@@]4(C)[C@@H](Oc5ccccc5)[C@@H](OC(F)F)CC[C@]34C)[C@@H]1CCCN2C(=O)[C@H]1CCCCO1. The van der Waals surface area contributed by atoms with E-state index in [0.717, 1.165) is 70.8 Å². The van der Waals surface area contributed by atoms with Gasteiger partial charge in [0.1, 0.15) is 24.1 Å². The number of fused-ring (bicyclic) bond motifs is 5. The molecule has 1 aromatic rings. The van der Waals surface area contributed by atoms with Gasteiger partial charge in [0.25, 0.3) is 5.91 Å². The van der Waals surface area contributed by atoms with Crippen molar-refractivity contribution in [3.05, 3.63) is 30.3 Å². The van der Waals surface area contributed by atoms with Crippen LogP contribution in [0.15, 0.2) is 30.3 Å². The number of alkyl halides is 2. The van der Waals surface area contributed by atoms with Crippen LogP contribution in [-0.2, 0) is 14.3 Å². The normalized spacial score (nSPS) is 43.4. The molecule has 0 bridgehead atoms. The van der Waals surface area contributed by atoms with Crippen molar-refractivity contribution in [2.24, 2.45) is 28.6 Å². The second-order valence-electron chi connectivity index (χ2n) is 14.0. The minimum Gasteiger partial charge on any atom is -0.487 e. The first-order valence-corrected chi connectivity index (χ1v) is 15.8. The summed E-state index contributed by atoms with van der Waals surface area (Å²) in [4.78, 5) is 16.0. The lowest BCUT2D eigenvalue weighted by Crippen LogP contribution is -2.69. The van der Waals surface area contributed by atoms with Crippen molar-refractivity contribution in [3.63, 3.8) is 0 Å². The van der Waals surface area contributed by atoms with Crippen molar-refractivity contribution in [2.75, 3.05) is 13.2 Å². The first-order valence-electron chi connectivity index (χ1n) is 15.8. The molecule has 5 nitrogen and oxygen atoms in total. The Labute approximate surface area is 238 Å². The van der Waals surface area contributed by atoms with Crippen LogP contribution in [0.1, 0.15) is 91.4 Å². The third-order valence-corrected chi connectivity index (χ3v) is 12.3. The number of carbonyl (C=O) groups excluding carboxylic acids is 1. The number of piperidine rings is 1. The van der Waals surface area contributed by atoms with Crippen LogP contribution in [0.3, 0.4) is 0 Å². The average Bonchev–Trinajstić information content (AvgIpc) is 2.95. The second kappa shape index (κ2) is 10.8. The third kappa shape index (κ3) is 4.58. The van der Waals surface area contributed by atoms with E-state index in [4.69, 9.17) is 14.2 Å². The molecule has 0 aromatic heterocycles. The molecule has 0 spiro atoms. The first kappa shape index (κ1) is 28.4. The van der Waals surface area contributed by atoms with Gasteiger partial charge >= 0.3 is 6.61 Å². The molecule has 5 fully saturated rings. The Balaban J connectivity index is 1.28. The second-order valence-corrected chi connectivity index (χ2v) is 14.0. The monoisotopic (exact) mass is 559 g/mol. The zero-order valence-corrected chi connectivity index (χ0v) is 24.5. The van der Waals surface area contributed by atoms with E-state index in [1.54, 1.807) is 0 Å². The Morgan fingerprint density at radius 2 is 1.70 bits per heavy atom. The van der Waals surface area contributed by atoms with Crippen molar-refractivity contribution in [1.82, 2.24) is 4.90 Å². The fourth-order valence-electron chi connectivity index (χ4n) is 10.1. The molecule has 9 atom stereocenters. The molecule has 3 aliphatic carbocycles. The van der Waals surface area contributed by atoms with Crippen LogP contribution >= 0.6 is 0 Å². The number of hydrogen-bond donors (Lipinski definition) is 0. The van der Waals surface area contributed by atoms with Gasteiger partial charge in [0.05, 0.1) is 0 Å². The van der Waals surface area contributed by atoms with Gasteiger partial charge < -0.3 is 19.1 Å². The van der Waals surface area contributed by atoms with E-state index < -0.39 is 18.8 Å². The van der Waals surface area contributed by atoms with Gasteiger partial charge in [-0.25, -0.2) is 0 Å². The number of likely N-dealkylation sites (tertiary alicyclic amines) is 1. The minimum atomic E-state index is -2.81. The topological polar surface area (TPSA) is 48.0 Å². The maximum absolute atomic E-state index is 13.8. The summed E-state index contributed by atoms with van der Waals surface area (Å²) >= 11 is 0. The van der Waals surface area contributed by atoms with Crippen LogP contribution in [-0.4, -0.2) is 54.4 Å². The summed E-state index contributed by atoms with van der Waals surface area (Å²) in [6.07, 6.45) is 9.21. The number of benzene rings is 1. The summed E-state index contributed by atoms with van der Waals surface area (Å²) < 4.78 is 45.0. The molecule has 0 N–H and O–H groups in total. The highest BCUT2D eigenvalue weighted by Gasteiger charge is 2.66. The molecule has 222 valence electrons. The van der Waals surface area contributed by atoms with Crippen molar-refractivity contribution in [2.45, 2.75) is 122 Å². The highest BCUT2D eigenvalue weighted by atomic mass is 19.3. The summed E-state index contributed by atoms with van der Waals surface area (Å²) in [7, 11) is 0. The Morgan fingerprint density at radius 1 is 0.925 bits per heavy atom. The van der Waals surface area contributed by atoms with Gasteiger partial charge in [0.2, 0.25) is 0 Å². The molecule has 2 heterocycles. The maximum Gasteiger partial charge on any atom is 0.345 e. The third-order valence-electron chi connectivity index (χ3n) is 12.3. The smallest absolute Gasteiger partial charge is 0.345 e. The van der Waals surface area contributed by atoms with Crippen molar-refractivity contribution in [1.29, 1.82) is 0 Å². The molecule has 2 aliphatic heterocycles. The lowest BCUT2D eigenvalue weighted by Gasteiger charge is -2.68. The number of rotatable bonds is 5. The van der Waals surface area contributed by atoms with Crippen molar-refractivity contribution < 1.29 is 27.8 Å². The summed E-state index contributed by atoms with van der Waals surface area (Å²) in [6.45, 7) is 5.74. The maximum atomic E-state index is 13.8. The van der Waals surface area contributed by atoms with Crippen molar-refractivity contribution in [3.8, 4) is 5.75 Å². The Kier molecular flexibility index (Phi) is 7.69. The Morgan fingerprint density at radius 3 is 2.42 bits per heavy atom. The van der Waals surface area contributed by atoms with E-state index in [2.05, 4.69) is 25.7 Å². The van der Waals surface area contributed by atoms with Crippen LogP contribution in [0.2, 0.25) is 0 Å². The number of nitrogens with zero attached hydrogens (tertiary/aromatic N) is 1. The molecule has 6 rings (SSSR count). The lowest BCUT2D eigenvalue weighted by molar-refractivity contribution is -0.260. The van der Waals surface area contributed by atoms with Crippen LogP contribution in [0.5, 0.6) is 5.75 Å². The molecule has 5 aliphatic rings. The van der Waals surface area contributed by atoms with Gasteiger partial charge in [-0.15, -0.1) is 0 Å². The summed E-state index contributed by atoms with van der Waals surface area (Å²) in [6, 6.07) is 9.62. The number of halogens is 2. The van der Waals surface area contributed by atoms with Crippen molar-refractivity contribution >= 4 is 5.91 Å². The van der Waals surface area contributed by atoms with Gasteiger partial charge in [0.15, 0.2) is 0 Å². The predicted molar refractivity (Wildman–Crippen MR) is 149 cm³/mol. The van der Waals surface area contributed by atoms with Crippen LogP contribution in [0, 0.1) is 28.6 Å². The Bertz CT molecular complexity index is 1050. The predicted octanol–water partition coefficient (Wildman–Crippen LogP) is 7.23. The van der Waals surface area contributed by atoms with Gasteiger partial charge in [0, 0.05) is 24.1 Å². The number of ether oxygens (including phenoxy) is 3. The van der Waals surface area contributed by atoms with E-state index in [1.807, 2.05) is 30.3 Å². The molecule has 1 amide bonds. The molecule has 40 heavy (non-hydrogen) atoms. The number of hydrogen-bond acceptors (Lipinski definition) is 4. The van der Waals surface area contributed by atoms with Gasteiger partial charge in [-0.1, -0.05) is 32.0 Å². The largest absolute Gasteiger partial charge is 0.487 e. The molecule has 0 unspecified atom stereocenters. The summed E-state index contributed by atoms with van der Waals surface area (Å²) in [5, 5.41) is 0. The highest BCUT2D eigenvalue weighted by Crippen LogP contribution is 2.68. The van der Waals surface area contributed by atoms with Gasteiger partial charge in [-0.05, 0) is 113 Å². The molecule has 1 aromatic carbocycles. The molecule has 0 radical (unpaired) electrons. The standard InChI is InChI=1S/C33H47F2NO4/c1-31-18-16-26(40-30(34)35)28(39-22-10-5-4-6-11-22)32(31,2)17-14-23-24(31)15-19-33(3)25(23)12-9-20-36(33)29(37)27-13-7-8-21-38-27/h4-6,10-11,23-28,30H,7-9,12-21H2,1-3H3/t23-,24+,25+,26+,27-,28+,31-,32+,33+/m1/s1.